The summed E-state index contributed by atoms with van der Waals surface area (Å²) in [6.45, 7) is 2.52. The van der Waals surface area contributed by atoms with Crippen molar-refractivity contribution in [3.8, 4) is 0 Å². The molecule has 1 aliphatic heterocycles. The van der Waals surface area contributed by atoms with Crippen molar-refractivity contribution >= 4 is 10.0 Å². The van der Waals surface area contributed by atoms with Crippen molar-refractivity contribution in [3.05, 3.63) is 29.8 Å². The largest absolute Gasteiger partial charge is 0.391 e. The SMILES string of the molecule is Cc1ccc(S(=O)(=O)N2CC3CC4CC3C2C4O)cc1. The van der Waals surface area contributed by atoms with Crippen LogP contribution >= 0.6 is 0 Å². The van der Waals surface area contributed by atoms with Gasteiger partial charge in [-0.3, -0.25) is 0 Å². The van der Waals surface area contributed by atoms with E-state index in [2.05, 4.69) is 0 Å². The maximum absolute atomic E-state index is 12.8. The first-order chi connectivity index (χ1) is 9.48. The zero-order valence-electron chi connectivity index (χ0n) is 11.4. The predicted molar refractivity (Wildman–Crippen MR) is 74.6 cm³/mol. The molecule has 0 amide bonds. The number of rotatable bonds is 2. The van der Waals surface area contributed by atoms with Crippen LogP contribution in [0, 0.1) is 24.7 Å². The topological polar surface area (TPSA) is 57.6 Å². The van der Waals surface area contributed by atoms with Crippen LogP contribution < -0.4 is 0 Å². The molecule has 4 rings (SSSR count). The molecule has 1 N–H and O–H groups in total. The van der Waals surface area contributed by atoms with Gasteiger partial charge in [0.2, 0.25) is 10.0 Å². The lowest BCUT2D eigenvalue weighted by Gasteiger charge is -2.28. The maximum Gasteiger partial charge on any atom is 0.243 e. The van der Waals surface area contributed by atoms with E-state index in [9.17, 15) is 13.5 Å². The Hall–Kier alpha value is -0.910. The van der Waals surface area contributed by atoms with E-state index in [1.807, 2.05) is 19.1 Å². The average molecular weight is 293 g/mol. The molecule has 0 aromatic heterocycles. The molecule has 20 heavy (non-hydrogen) atoms. The summed E-state index contributed by atoms with van der Waals surface area (Å²) in [5.41, 5.74) is 1.05. The number of fused-ring (bicyclic) bond motifs is 1. The second-order valence-corrected chi connectivity index (χ2v) is 8.41. The van der Waals surface area contributed by atoms with Gasteiger partial charge in [0.15, 0.2) is 0 Å². The van der Waals surface area contributed by atoms with Gasteiger partial charge >= 0.3 is 0 Å². The van der Waals surface area contributed by atoms with Crippen LogP contribution in [-0.4, -0.2) is 36.5 Å². The summed E-state index contributed by atoms with van der Waals surface area (Å²) in [6, 6.07) is 6.80. The van der Waals surface area contributed by atoms with E-state index in [1.165, 1.54) is 0 Å². The fourth-order valence-electron chi connectivity index (χ4n) is 4.48. The zero-order chi connectivity index (χ0) is 14.1. The van der Waals surface area contributed by atoms with Crippen LogP contribution in [0.4, 0.5) is 0 Å². The number of aliphatic hydroxyl groups excluding tert-OH is 1. The van der Waals surface area contributed by atoms with Crippen LogP contribution in [0.15, 0.2) is 29.2 Å². The second kappa shape index (κ2) is 4.06. The number of nitrogens with zero attached hydrogens (tertiary/aromatic N) is 1. The van der Waals surface area contributed by atoms with Crippen molar-refractivity contribution in [1.82, 2.24) is 4.31 Å². The fraction of sp³-hybridized carbons (Fsp3) is 0.600. The molecule has 3 fully saturated rings. The summed E-state index contributed by atoms with van der Waals surface area (Å²) in [5.74, 6) is 1.14. The van der Waals surface area contributed by atoms with Gasteiger partial charge < -0.3 is 5.11 Å². The van der Waals surface area contributed by atoms with Gasteiger partial charge in [0.25, 0.3) is 0 Å². The Morgan fingerprint density at radius 3 is 2.50 bits per heavy atom. The summed E-state index contributed by atoms with van der Waals surface area (Å²) in [7, 11) is -3.48. The first kappa shape index (κ1) is 12.8. The Morgan fingerprint density at radius 1 is 1.15 bits per heavy atom. The van der Waals surface area contributed by atoms with Gasteiger partial charge in [0, 0.05) is 6.54 Å². The van der Waals surface area contributed by atoms with Crippen LogP contribution in [0.5, 0.6) is 0 Å². The van der Waals surface area contributed by atoms with E-state index < -0.39 is 16.1 Å². The molecule has 4 nitrogen and oxygen atoms in total. The summed E-state index contributed by atoms with van der Waals surface area (Å²) in [6.07, 6.45) is 1.51. The van der Waals surface area contributed by atoms with Crippen molar-refractivity contribution in [3.63, 3.8) is 0 Å². The van der Waals surface area contributed by atoms with E-state index in [-0.39, 0.29) is 6.04 Å². The Bertz CT molecular complexity index is 638. The molecule has 0 radical (unpaired) electrons. The number of hydrogen-bond acceptors (Lipinski definition) is 3. The third kappa shape index (κ3) is 1.57. The van der Waals surface area contributed by atoms with Gasteiger partial charge in [-0.2, -0.15) is 4.31 Å². The van der Waals surface area contributed by atoms with Crippen molar-refractivity contribution in [1.29, 1.82) is 0 Å². The van der Waals surface area contributed by atoms with E-state index in [0.29, 0.717) is 29.2 Å². The molecule has 0 spiro atoms. The average Bonchev–Trinajstić information content (AvgIpc) is 3.00. The monoisotopic (exact) mass is 293 g/mol. The van der Waals surface area contributed by atoms with Crippen molar-refractivity contribution in [2.24, 2.45) is 17.8 Å². The predicted octanol–water partition coefficient (Wildman–Crippen LogP) is 1.38. The summed E-state index contributed by atoms with van der Waals surface area (Å²) >= 11 is 0. The molecule has 1 heterocycles. The lowest BCUT2D eigenvalue weighted by Crippen LogP contribution is -2.43. The molecular formula is C15H19NO3S. The molecule has 3 aliphatic rings. The van der Waals surface area contributed by atoms with Gasteiger partial charge in [-0.15, -0.1) is 0 Å². The van der Waals surface area contributed by atoms with Crippen LogP contribution in [0.2, 0.25) is 0 Å². The van der Waals surface area contributed by atoms with E-state index in [4.69, 9.17) is 0 Å². The number of aliphatic hydroxyl groups is 1. The number of hydrogen-bond donors (Lipinski definition) is 1. The van der Waals surface area contributed by atoms with E-state index in [1.54, 1.807) is 16.4 Å². The molecule has 108 valence electrons. The Kier molecular flexibility index (Phi) is 2.60. The van der Waals surface area contributed by atoms with Gasteiger partial charge in [0.1, 0.15) is 0 Å². The Labute approximate surface area is 119 Å². The minimum Gasteiger partial charge on any atom is -0.391 e. The summed E-state index contributed by atoms with van der Waals surface area (Å²) in [4.78, 5) is 0.347. The summed E-state index contributed by atoms with van der Waals surface area (Å²) < 4.78 is 27.2. The molecule has 2 saturated carbocycles. The van der Waals surface area contributed by atoms with Crippen LogP contribution in [0.3, 0.4) is 0 Å². The number of sulfonamides is 1. The Morgan fingerprint density at radius 2 is 1.85 bits per heavy atom. The second-order valence-electron chi connectivity index (χ2n) is 6.52. The lowest BCUT2D eigenvalue weighted by molar-refractivity contribution is 0.0731. The number of benzene rings is 1. The normalized spacial score (nSPS) is 39.6. The van der Waals surface area contributed by atoms with Gasteiger partial charge in [-0.25, -0.2) is 8.42 Å². The van der Waals surface area contributed by atoms with Crippen molar-refractivity contribution in [2.75, 3.05) is 6.54 Å². The minimum atomic E-state index is -3.48. The highest BCUT2D eigenvalue weighted by atomic mass is 32.2. The van der Waals surface area contributed by atoms with Gasteiger partial charge in [-0.1, -0.05) is 17.7 Å². The highest BCUT2D eigenvalue weighted by molar-refractivity contribution is 7.89. The summed E-state index contributed by atoms with van der Waals surface area (Å²) in [5, 5.41) is 10.3. The minimum absolute atomic E-state index is 0.190. The van der Waals surface area contributed by atoms with Crippen LogP contribution in [-0.2, 0) is 10.0 Å². The van der Waals surface area contributed by atoms with Crippen molar-refractivity contribution in [2.45, 2.75) is 36.8 Å². The molecule has 5 unspecified atom stereocenters. The molecular weight excluding hydrogens is 274 g/mol. The van der Waals surface area contributed by atoms with E-state index in [0.717, 1.165) is 18.4 Å². The van der Waals surface area contributed by atoms with Gasteiger partial charge in [0.05, 0.1) is 17.0 Å². The van der Waals surface area contributed by atoms with Gasteiger partial charge in [-0.05, 0) is 49.7 Å². The first-order valence-electron chi connectivity index (χ1n) is 7.25. The maximum atomic E-state index is 12.8. The van der Waals surface area contributed by atoms with E-state index >= 15 is 0 Å². The zero-order valence-corrected chi connectivity index (χ0v) is 12.3. The third-order valence-corrected chi connectivity index (χ3v) is 7.31. The third-order valence-electron chi connectivity index (χ3n) is 5.43. The molecule has 1 aromatic carbocycles. The molecule has 2 bridgehead atoms. The molecule has 2 aliphatic carbocycles. The fourth-order valence-corrected chi connectivity index (χ4v) is 6.22. The molecule has 5 heteroatoms. The lowest BCUT2D eigenvalue weighted by atomic mass is 9.88. The van der Waals surface area contributed by atoms with Crippen LogP contribution in [0.1, 0.15) is 18.4 Å². The Balaban J connectivity index is 1.72. The highest BCUT2D eigenvalue weighted by Gasteiger charge is 2.61. The standard InChI is InChI=1S/C15H19NO3S/c1-9-2-4-12(5-3-9)20(18,19)16-8-11-6-10-7-13(11)14(16)15(10)17/h2-5,10-11,13-15,17H,6-8H2,1H3. The highest BCUT2D eigenvalue weighted by Crippen LogP contribution is 2.55. The van der Waals surface area contributed by atoms with Crippen molar-refractivity contribution < 1.29 is 13.5 Å². The molecule has 1 saturated heterocycles. The molecule has 1 aromatic rings. The number of aryl methyl sites for hydroxylation is 1. The quantitative estimate of drug-likeness (QED) is 0.896. The molecule has 5 atom stereocenters. The smallest absolute Gasteiger partial charge is 0.243 e. The van der Waals surface area contributed by atoms with Crippen LogP contribution in [0.25, 0.3) is 0 Å². The first-order valence-corrected chi connectivity index (χ1v) is 8.69.